The molecule has 1 saturated heterocycles. The largest absolute Gasteiger partial charge is 0.370 e. The minimum atomic E-state index is -0.133. The topological polar surface area (TPSA) is 46.0 Å². The molecule has 5 nitrogen and oxygen atoms in total. The summed E-state index contributed by atoms with van der Waals surface area (Å²) in [6.07, 6.45) is 3.23. The zero-order chi connectivity index (χ0) is 15.9. The van der Waals surface area contributed by atoms with E-state index in [1.807, 2.05) is 6.07 Å². The van der Waals surface area contributed by atoms with Crippen LogP contribution in [0.3, 0.4) is 0 Å². The summed E-state index contributed by atoms with van der Waals surface area (Å²) >= 11 is 0. The number of nitrogens with one attached hydrogen (secondary N) is 2. The molecule has 2 N–H and O–H groups in total. The molecular weight excluding hydrogens is 290 g/mol. The highest BCUT2D eigenvalue weighted by Crippen LogP contribution is 2.43. The quantitative estimate of drug-likeness (QED) is 0.860. The molecule has 0 aromatic heterocycles. The first-order valence-electron chi connectivity index (χ1n) is 8.53. The van der Waals surface area contributed by atoms with Crippen LogP contribution >= 0.6 is 0 Å². The number of allylic oxidation sites excluding steroid dienone is 1. The molecule has 1 unspecified atom stereocenters. The number of carbonyl (C=O) groups excluding carboxylic acids is 1. The average molecular weight is 314 g/mol. The van der Waals surface area contributed by atoms with Crippen LogP contribution < -0.4 is 15.3 Å². The Kier molecular flexibility index (Phi) is 3.62. The van der Waals surface area contributed by atoms with Crippen molar-refractivity contribution in [1.29, 1.82) is 0 Å². The summed E-state index contributed by atoms with van der Waals surface area (Å²) in [5, 5.41) is 2.26. The van der Waals surface area contributed by atoms with Crippen molar-refractivity contribution >= 4 is 11.5 Å². The smallest absolute Gasteiger partial charge is 0.215 e. The third kappa shape index (κ3) is 2.18. The number of ketones is 1. The van der Waals surface area contributed by atoms with Gasteiger partial charge in [-0.3, -0.25) is 10.2 Å². The van der Waals surface area contributed by atoms with Crippen molar-refractivity contribution in [2.45, 2.75) is 31.8 Å². The van der Waals surface area contributed by atoms with Crippen LogP contribution in [0, 0.1) is 0 Å². The van der Waals surface area contributed by atoms with Gasteiger partial charge in [-0.05, 0) is 25.0 Å². The van der Waals surface area contributed by atoms with E-state index in [0.717, 1.165) is 57.0 Å². The van der Waals surface area contributed by atoms with E-state index in [9.17, 15) is 4.79 Å². The molecule has 1 atom stereocenters. The summed E-state index contributed by atoms with van der Waals surface area (Å²) in [4.78, 5) is 13.7. The Morgan fingerprint density at radius 1 is 1.26 bits per heavy atom. The number of benzene rings is 1. The fourth-order valence-corrected chi connectivity index (χ4v) is 4.46. The van der Waals surface area contributed by atoms with Crippen LogP contribution in [0.15, 0.2) is 41.6 Å². The minimum Gasteiger partial charge on any atom is -0.370 e. The minimum absolute atomic E-state index is 0.133. The Balaban J connectivity index is 1.82. The summed E-state index contributed by atoms with van der Waals surface area (Å²) in [5.74, 6) is 0.136. The number of nitrogens with zero attached hydrogens (tertiary/aromatic N) is 1. The van der Waals surface area contributed by atoms with E-state index < -0.39 is 0 Å². The number of rotatable bonds is 3. The number of para-hydroxylation sites is 1. The molecule has 4 rings (SSSR count). The molecule has 0 spiro atoms. The van der Waals surface area contributed by atoms with Crippen LogP contribution in [0.2, 0.25) is 0 Å². The molecule has 1 aromatic rings. The van der Waals surface area contributed by atoms with Crippen LogP contribution in [0.25, 0.3) is 0 Å². The summed E-state index contributed by atoms with van der Waals surface area (Å²) in [6.45, 7) is 5.23. The van der Waals surface area contributed by atoms with Crippen molar-refractivity contribution in [3.8, 4) is 0 Å². The molecule has 122 valence electrons. The lowest BCUT2D eigenvalue weighted by atomic mass is 9.97. The fraction of sp³-hybridized carbons (Fsp3) is 0.500. The number of anilines is 1. The molecule has 0 amide bonds. The number of fused-ring (bicyclic) bond motifs is 1. The number of ether oxygens (including phenoxy) is 1. The van der Waals surface area contributed by atoms with Crippen molar-refractivity contribution in [1.82, 2.24) is 5.43 Å². The molecule has 1 aromatic carbocycles. The van der Waals surface area contributed by atoms with Crippen LogP contribution in [0.1, 0.15) is 26.2 Å². The Labute approximate surface area is 136 Å². The maximum Gasteiger partial charge on any atom is 0.215 e. The highest BCUT2D eigenvalue weighted by Gasteiger charge is 2.58. The Morgan fingerprint density at radius 3 is 2.70 bits per heavy atom. The van der Waals surface area contributed by atoms with E-state index >= 15 is 0 Å². The van der Waals surface area contributed by atoms with Gasteiger partial charge >= 0.3 is 0 Å². The number of hydrogen-bond acceptors (Lipinski definition) is 4. The molecule has 1 saturated carbocycles. The van der Waals surface area contributed by atoms with Gasteiger partial charge < -0.3 is 9.64 Å². The van der Waals surface area contributed by atoms with Gasteiger partial charge in [0, 0.05) is 18.9 Å². The van der Waals surface area contributed by atoms with Crippen LogP contribution in [-0.2, 0) is 9.53 Å². The molecule has 2 fully saturated rings. The van der Waals surface area contributed by atoms with Crippen molar-refractivity contribution in [3.05, 3.63) is 41.6 Å². The van der Waals surface area contributed by atoms with Gasteiger partial charge in [-0.25, -0.2) is 5.01 Å². The van der Waals surface area contributed by atoms with Crippen LogP contribution in [0.5, 0.6) is 0 Å². The van der Waals surface area contributed by atoms with Crippen molar-refractivity contribution in [2.75, 3.05) is 31.3 Å². The first-order chi connectivity index (χ1) is 11.2. The van der Waals surface area contributed by atoms with Crippen molar-refractivity contribution in [2.24, 2.45) is 0 Å². The van der Waals surface area contributed by atoms with Crippen LogP contribution in [-0.4, -0.2) is 37.7 Å². The van der Waals surface area contributed by atoms with E-state index in [4.69, 9.17) is 4.74 Å². The lowest BCUT2D eigenvalue weighted by Gasteiger charge is -2.44. The normalized spacial score (nSPS) is 28.0. The number of morpholine rings is 1. The van der Waals surface area contributed by atoms with E-state index in [1.165, 1.54) is 10.5 Å². The SMILES string of the molecule is CC(=O)C1=C2CCCC2([NH+]2CCOCC2)N(c2ccccc2)N1. The Hall–Kier alpha value is -1.85. The number of hydrogen-bond donors (Lipinski definition) is 2. The molecule has 3 aliphatic rings. The molecular formula is C18H24N3O2+. The monoisotopic (exact) mass is 314 g/mol. The lowest BCUT2D eigenvalue weighted by molar-refractivity contribution is -0.952. The fourth-order valence-electron chi connectivity index (χ4n) is 4.46. The molecule has 1 aliphatic carbocycles. The predicted octanol–water partition coefficient (Wildman–Crippen LogP) is 0.650. The van der Waals surface area contributed by atoms with E-state index in [-0.39, 0.29) is 11.4 Å². The third-order valence-electron chi connectivity index (χ3n) is 5.42. The zero-order valence-electron chi connectivity index (χ0n) is 13.6. The number of Topliss-reactive ketones (excluding diaryl/α,β-unsaturated/α-hetero) is 1. The Bertz CT molecular complexity index is 637. The molecule has 5 heteroatoms. The molecule has 0 radical (unpaired) electrons. The van der Waals surface area contributed by atoms with E-state index in [1.54, 1.807) is 6.92 Å². The van der Waals surface area contributed by atoms with Gasteiger partial charge in [0.15, 0.2) is 5.78 Å². The van der Waals surface area contributed by atoms with E-state index in [0.29, 0.717) is 0 Å². The van der Waals surface area contributed by atoms with E-state index in [2.05, 4.69) is 34.7 Å². The summed E-state index contributed by atoms with van der Waals surface area (Å²) in [7, 11) is 0. The second-order valence-corrected chi connectivity index (χ2v) is 6.62. The standard InChI is InChI=1S/C18H23N3O2/c1-14(22)17-16-8-5-9-18(16,20-10-12-23-13-11-20)21(19-17)15-6-3-2-4-7-15/h2-4,6-7,19H,5,8-13H2,1H3/p+1. The first-order valence-corrected chi connectivity index (χ1v) is 8.53. The summed E-state index contributed by atoms with van der Waals surface area (Å²) in [5.41, 5.74) is 6.55. The molecule has 0 bridgehead atoms. The van der Waals surface area contributed by atoms with Gasteiger partial charge in [0.25, 0.3) is 0 Å². The van der Waals surface area contributed by atoms with Gasteiger partial charge in [0.1, 0.15) is 18.8 Å². The maximum absolute atomic E-state index is 12.2. The molecule has 23 heavy (non-hydrogen) atoms. The van der Waals surface area contributed by atoms with Gasteiger partial charge in [0.05, 0.1) is 18.9 Å². The number of carbonyl (C=O) groups is 1. The highest BCUT2D eigenvalue weighted by atomic mass is 16.5. The van der Waals surface area contributed by atoms with Gasteiger partial charge in [-0.1, -0.05) is 18.2 Å². The maximum atomic E-state index is 12.2. The second kappa shape index (κ2) is 5.65. The molecule has 2 heterocycles. The third-order valence-corrected chi connectivity index (χ3v) is 5.42. The summed E-state index contributed by atoms with van der Waals surface area (Å²) in [6, 6.07) is 10.4. The molecule has 2 aliphatic heterocycles. The highest BCUT2D eigenvalue weighted by molar-refractivity contribution is 5.95. The van der Waals surface area contributed by atoms with Crippen LogP contribution in [0.4, 0.5) is 5.69 Å². The first kappa shape index (κ1) is 14.7. The zero-order valence-corrected chi connectivity index (χ0v) is 13.6. The van der Waals surface area contributed by atoms with Crippen molar-refractivity contribution < 1.29 is 14.4 Å². The lowest BCUT2D eigenvalue weighted by Crippen LogP contribution is -3.23. The summed E-state index contributed by atoms with van der Waals surface area (Å²) < 4.78 is 5.58. The predicted molar refractivity (Wildman–Crippen MR) is 87.9 cm³/mol. The average Bonchev–Trinajstić information content (AvgIpc) is 3.14. The Morgan fingerprint density at radius 2 is 2.00 bits per heavy atom. The number of quaternary nitrogens is 1. The van der Waals surface area contributed by atoms with Crippen molar-refractivity contribution in [3.63, 3.8) is 0 Å². The number of hydrazine groups is 1. The van der Waals surface area contributed by atoms with Gasteiger partial charge in [-0.15, -0.1) is 0 Å². The van der Waals surface area contributed by atoms with Gasteiger partial charge in [-0.2, -0.15) is 0 Å². The van der Waals surface area contributed by atoms with Gasteiger partial charge in [0.2, 0.25) is 5.66 Å². The second-order valence-electron chi connectivity index (χ2n) is 6.62.